The van der Waals surface area contributed by atoms with E-state index in [0.29, 0.717) is 5.56 Å². The van der Waals surface area contributed by atoms with Gasteiger partial charge >= 0.3 is 0 Å². The van der Waals surface area contributed by atoms with Gasteiger partial charge in [0.25, 0.3) is 0 Å². The normalized spacial score (nSPS) is 13.7. The lowest BCUT2D eigenvalue weighted by Crippen LogP contribution is -2.18. The van der Waals surface area contributed by atoms with Crippen LogP contribution in [0.2, 0.25) is 0 Å². The van der Waals surface area contributed by atoms with Gasteiger partial charge < -0.3 is 4.90 Å². The lowest BCUT2D eigenvalue weighted by Gasteiger charge is -2.33. The summed E-state index contributed by atoms with van der Waals surface area (Å²) in [5.74, 6) is 0.950. The molecule has 7 aromatic rings. The van der Waals surface area contributed by atoms with Crippen molar-refractivity contribution < 1.29 is 6.85 Å². The highest BCUT2D eigenvalue weighted by atomic mass is 15.2. The Hall–Kier alpha value is -5.41. The Balaban J connectivity index is 1.16. The van der Waals surface area contributed by atoms with Crippen molar-refractivity contribution in [2.24, 2.45) is 0 Å². The molecule has 3 heteroatoms. The molecule has 0 N–H and O–H groups in total. The van der Waals surface area contributed by atoms with Crippen LogP contribution >= 0.6 is 0 Å². The summed E-state index contributed by atoms with van der Waals surface area (Å²) < 4.78 is 42.7. The van der Waals surface area contributed by atoms with Crippen LogP contribution in [0.3, 0.4) is 0 Å². The summed E-state index contributed by atoms with van der Waals surface area (Å²) in [4.78, 5) is 7.18. The van der Waals surface area contributed by atoms with Crippen LogP contribution in [0, 0.1) is 6.92 Å². The van der Waals surface area contributed by atoms with Crippen LogP contribution in [0.4, 0.5) is 17.1 Å². The molecule has 2 heterocycles. The zero-order valence-corrected chi connectivity index (χ0v) is 22.3. The summed E-state index contributed by atoms with van der Waals surface area (Å²) in [6.45, 7) is 2.05. The second-order valence-corrected chi connectivity index (χ2v) is 10.2. The van der Waals surface area contributed by atoms with Crippen molar-refractivity contribution in [1.29, 1.82) is 0 Å². The van der Waals surface area contributed by atoms with Crippen LogP contribution in [-0.2, 0) is 0 Å². The zero-order chi connectivity index (χ0) is 31.7. The van der Waals surface area contributed by atoms with Crippen molar-refractivity contribution in [3.8, 4) is 39.1 Å². The van der Waals surface area contributed by atoms with E-state index in [1.54, 1.807) is 0 Å². The van der Waals surface area contributed by atoms with Gasteiger partial charge in [-0.3, -0.25) is 4.57 Å². The maximum Gasteiger partial charge on any atom is 0.111 e. The van der Waals surface area contributed by atoms with E-state index in [1.807, 2.05) is 30.3 Å². The second kappa shape index (κ2) is 9.35. The average Bonchev–Trinajstić information content (AvgIpc) is 3.44. The van der Waals surface area contributed by atoms with Gasteiger partial charge in [-0.25, -0.2) is 4.98 Å². The molecule has 194 valence electrons. The highest BCUT2D eigenvalue weighted by molar-refractivity contribution is 6.02. The summed E-state index contributed by atoms with van der Waals surface area (Å²) in [6.07, 6.45) is 0. The van der Waals surface area contributed by atoms with Crippen molar-refractivity contribution in [3.63, 3.8) is 0 Å². The maximum absolute atomic E-state index is 8.30. The maximum atomic E-state index is 8.30. The second-order valence-electron chi connectivity index (χ2n) is 10.2. The van der Waals surface area contributed by atoms with Crippen LogP contribution in [0.5, 0.6) is 0 Å². The zero-order valence-electron chi connectivity index (χ0n) is 27.3. The highest BCUT2D eigenvalue weighted by Crippen LogP contribution is 2.48. The number of aromatic nitrogens is 2. The van der Waals surface area contributed by atoms with E-state index in [-0.39, 0.29) is 35.8 Å². The molecule has 0 saturated carbocycles. The predicted molar refractivity (Wildman–Crippen MR) is 170 cm³/mol. The predicted octanol–water partition coefficient (Wildman–Crippen LogP) is 10.1. The Bertz CT molecular complexity index is 2280. The van der Waals surface area contributed by atoms with Gasteiger partial charge in [-0.15, -0.1) is 0 Å². The van der Waals surface area contributed by atoms with Crippen molar-refractivity contribution in [1.82, 2.24) is 9.55 Å². The molecule has 8 rings (SSSR count). The van der Waals surface area contributed by atoms with Gasteiger partial charge in [0.05, 0.1) is 34.9 Å². The van der Waals surface area contributed by atoms with Crippen molar-refractivity contribution in [3.05, 3.63) is 151 Å². The molecule has 0 aliphatic carbocycles. The third-order valence-electron chi connectivity index (χ3n) is 7.76. The molecule has 0 bridgehead atoms. The van der Waals surface area contributed by atoms with E-state index < -0.39 is 0 Å². The first-order valence-electron chi connectivity index (χ1n) is 16.1. The first-order valence-corrected chi connectivity index (χ1v) is 13.6. The van der Waals surface area contributed by atoms with E-state index in [4.69, 9.17) is 11.8 Å². The summed E-state index contributed by atoms with van der Waals surface area (Å²) in [6, 6.07) is 37.7. The number of para-hydroxylation sites is 2. The summed E-state index contributed by atoms with van der Waals surface area (Å²) in [5, 5.41) is 0. The first kappa shape index (κ1) is 18.8. The standard InChI is InChI=1S/C38H27N3/c1-26-39-34-13-8-14-36-38(34)40(26)35-24-23-32(25-37(35)41(36)33-11-6-3-7-12-33)31-21-19-30(20-22-31)29-17-15-28(16-18-29)27-9-4-2-5-10-27/h2-25H,1H3/i2D,4D,5D,9D,10D. The summed E-state index contributed by atoms with van der Waals surface area (Å²) in [7, 11) is 0. The Kier molecular flexibility index (Phi) is 4.29. The molecule has 0 radical (unpaired) electrons. The number of benzene rings is 6. The van der Waals surface area contributed by atoms with Crippen molar-refractivity contribution in [2.75, 3.05) is 4.90 Å². The number of hydrogen-bond acceptors (Lipinski definition) is 2. The fourth-order valence-corrected chi connectivity index (χ4v) is 5.84. The number of rotatable bonds is 4. The molecule has 1 aliphatic rings. The molecule has 0 saturated heterocycles. The smallest absolute Gasteiger partial charge is 0.111 e. The van der Waals surface area contributed by atoms with E-state index in [9.17, 15) is 0 Å². The Labute approximate surface area is 246 Å². The highest BCUT2D eigenvalue weighted by Gasteiger charge is 2.28. The number of aryl methyl sites for hydroxylation is 1. The third-order valence-corrected chi connectivity index (χ3v) is 7.76. The van der Waals surface area contributed by atoms with E-state index >= 15 is 0 Å². The van der Waals surface area contributed by atoms with Crippen LogP contribution < -0.4 is 4.90 Å². The van der Waals surface area contributed by atoms with Gasteiger partial charge in [0.15, 0.2) is 0 Å². The Morgan fingerprint density at radius 1 is 0.537 bits per heavy atom. The summed E-state index contributed by atoms with van der Waals surface area (Å²) in [5.41, 5.74) is 11.4. The topological polar surface area (TPSA) is 21.1 Å². The molecular weight excluding hydrogens is 498 g/mol. The van der Waals surface area contributed by atoms with E-state index in [0.717, 1.165) is 61.9 Å². The van der Waals surface area contributed by atoms with Crippen molar-refractivity contribution in [2.45, 2.75) is 6.92 Å². The summed E-state index contributed by atoms with van der Waals surface area (Å²) >= 11 is 0. The molecular formula is C38H27N3. The van der Waals surface area contributed by atoms with Gasteiger partial charge in [0.2, 0.25) is 0 Å². The molecule has 0 atom stereocenters. The molecule has 0 fully saturated rings. The van der Waals surface area contributed by atoms with Crippen molar-refractivity contribution >= 4 is 28.1 Å². The monoisotopic (exact) mass is 530 g/mol. The molecule has 1 aliphatic heterocycles. The lowest BCUT2D eigenvalue weighted by molar-refractivity contribution is 0.982. The quantitative estimate of drug-likeness (QED) is 0.226. The molecule has 0 unspecified atom stereocenters. The molecule has 6 aromatic carbocycles. The number of anilines is 3. The van der Waals surface area contributed by atoms with E-state index in [2.05, 4.69) is 101 Å². The number of imidazole rings is 1. The third kappa shape index (κ3) is 3.86. The Morgan fingerprint density at radius 3 is 1.83 bits per heavy atom. The molecule has 0 spiro atoms. The SMILES string of the molecule is [2H]c1c([2H])c([2H])c(-c2ccc(-c3ccc(-c4ccc5c(c4)N(c4ccccc4)c4cccc6nc(C)n-5c46)cc3)cc2)c([2H])c1[2H]. The largest absolute Gasteiger partial charge is 0.306 e. The fourth-order valence-electron chi connectivity index (χ4n) is 5.84. The Morgan fingerprint density at radius 2 is 1.15 bits per heavy atom. The fraction of sp³-hybridized carbons (Fsp3) is 0.0263. The van der Waals surface area contributed by atoms with Gasteiger partial charge in [-0.1, -0.05) is 109 Å². The minimum Gasteiger partial charge on any atom is -0.306 e. The van der Waals surface area contributed by atoms with Gasteiger partial charge in [0.1, 0.15) is 5.82 Å². The molecule has 41 heavy (non-hydrogen) atoms. The van der Waals surface area contributed by atoms with Gasteiger partial charge in [0, 0.05) is 5.69 Å². The van der Waals surface area contributed by atoms with Gasteiger partial charge in [-0.2, -0.15) is 0 Å². The molecule has 1 aromatic heterocycles. The minimum absolute atomic E-state index is 0.199. The van der Waals surface area contributed by atoms with Gasteiger partial charge in [-0.05, 0) is 76.7 Å². The number of fused-ring (bicyclic) bond motifs is 2. The van der Waals surface area contributed by atoms with Crippen LogP contribution in [0.15, 0.2) is 145 Å². The van der Waals surface area contributed by atoms with Crippen LogP contribution in [-0.4, -0.2) is 9.55 Å². The number of nitrogens with zero attached hydrogens (tertiary/aromatic N) is 3. The van der Waals surface area contributed by atoms with Crippen LogP contribution in [0.1, 0.15) is 12.7 Å². The molecule has 0 amide bonds. The lowest BCUT2D eigenvalue weighted by atomic mass is 9.97. The first-order chi connectivity index (χ1) is 22.3. The van der Waals surface area contributed by atoms with Crippen LogP contribution in [0.25, 0.3) is 50.1 Å². The molecule has 3 nitrogen and oxygen atoms in total. The average molecular weight is 531 g/mol. The number of hydrogen-bond donors (Lipinski definition) is 0. The van der Waals surface area contributed by atoms with E-state index in [1.165, 1.54) is 0 Å². The minimum atomic E-state index is -0.388.